The van der Waals surface area contributed by atoms with Crippen molar-refractivity contribution in [2.24, 2.45) is 0 Å². The summed E-state index contributed by atoms with van der Waals surface area (Å²) in [6, 6.07) is 21.3. The molecule has 2 amide bonds. The van der Waals surface area contributed by atoms with Gasteiger partial charge < -0.3 is 10.2 Å². The van der Waals surface area contributed by atoms with E-state index in [1.165, 1.54) is 16.5 Å². The summed E-state index contributed by atoms with van der Waals surface area (Å²) in [4.78, 5) is 32.3. The van der Waals surface area contributed by atoms with E-state index in [9.17, 15) is 14.0 Å². The molecule has 7 rings (SSSR count). The smallest absolute Gasteiger partial charge is 0.259 e. The lowest BCUT2D eigenvalue weighted by Crippen LogP contribution is -2.51. The van der Waals surface area contributed by atoms with Crippen molar-refractivity contribution in [1.29, 1.82) is 0 Å². The lowest BCUT2D eigenvalue weighted by Gasteiger charge is -2.36. The largest absolute Gasteiger partial charge is 0.367 e. The van der Waals surface area contributed by atoms with Crippen molar-refractivity contribution in [2.75, 3.05) is 36.0 Å². The first-order valence-corrected chi connectivity index (χ1v) is 15.0. The monoisotopic (exact) mass is 595 g/mol. The van der Waals surface area contributed by atoms with E-state index in [4.69, 9.17) is 13.0 Å². The Labute approximate surface area is 256 Å². The molecule has 218 valence electrons. The van der Waals surface area contributed by atoms with Gasteiger partial charge in [-0.3, -0.25) is 19.4 Å². The topological polar surface area (TPSA) is 55.9 Å². The second-order valence-electron chi connectivity index (χ2n) is 11.5. The third-order valence-corrected chi connectivity index (χ3v) is 8.95. The number of piperazine rings is 1. The van der Waals surface area contributed by atoms with Crippen molar-refractivity contribution < 1.29 is 15.4 Å². The van der Waals surface area contributed by atoms with Crippen LogP contribution in [0.4, 0.5) is 15.8 Å². The molecule has 0 aromatic heterocycles. The highest BCUT2D eigenvalue weighted by Gasteiger charge is 2.40. The van der Waals surface area contributed by atoms with Gasteiger partial charge in [-0.15, -0.1) is 0 Å². The molecule has 0 unspecified atom stereocenters. The van der Waals surface area contributed by atoms with Crippen molar-refractivity contribution in [3.63, 3.8) is 0 Å². The Kier molecular flexibility index (Phi) is 6.84. The molecule has 6 nitrogen and oxygen atoms in total. The van der Waals surface area contributed by atoms with Crippen LogP contribution in [0.1, 0.15) is 41.3 Å². The maximum atomic E-state index is 14.4. The number of carbonyl (C=O) groups is 2. The van der Waals surface area contributed by atoms with Crippen LogP contribution in [0.5, 0.6) is 0 Å². The van der Waals surface area contributed by atoms with E-state index in [2.05, 4.69) is 46.0 Å². The number of benzene rings is 4. The Bertz CT molecular complexity index is 1820. The summed E-state index contributed by atoms with van der Waals surface area (Å²) in [6.07, 6.45) is 1.34. The average Bonchev–Trinajstić information content (AvgIpc) is 3.31. The Hall–Kier alpha value is -4.20. The molecule has 0 saturated carbocycles. The van der Waals surface area contributed by atoms with Gasteiger partial charge in [-0.05, 0) is 71.7 Å². The number of hydrogen-bond donors (Lipinski definition) is 1. The van der Waals surface area contributed by atoms with Crippen molar-refractivity contribution in [1.82, 2.24) is 10.2 Å². The summed E-state index contributed by atoms with van der Waals surface area (Å²) in [5, 5.41) is 4.84. The molecular weight excluding hydrogens is 563 g/mol. The predicted octanol–water partition coefficient (Wildman–Crippen LogP) is 6.30. The number of halogens is 2. The molecule has 0 spiro atoms. The van der Waals surface area contributed by atoms with Crippen LogP contribution < -0.4 is 15.1 Å². The lowest BCUT2D eigenvalue weighted by atomic mass is 9.95. The summed E-state index contributed by atoms with van der Waals surface area (Å²) >= 11 is 5.91. The Morgan fingerprint density at radius 3 is 2.44 bits per heavy atom. The second kappa shape index (κ2) is 11.1. The third-order valence-electron chi connectivity index (χ3n) is 8.72. The van der Waals surface area contributed by atoms with Crippen LogP contribution in [0.15, 0.2) is 85.1 Å². The maximum Gasteiger partial charge on any atom is 0.259 e. The zero-order valence-electron chi connectivity index (χ0n) is 24.7. The fraction of sp³-hybridized carbons (Fsp3) is 0.257. The van der Waals surface area contributed by atoms with E-state index in [0.29, 0.717) is 40.5 Å². The summed E-state index contributed by atoms with van der Waals surface area (Å²) < 4.78 is 23.4. The van der Waals surface area contributed by atoms with E-state index < -0.39 is 11.9 Å². The van der Waals surface area contributed by atoms with Crippen molar-refractivity contribution in [3.8, 4) is 0 Å². The van der Waals surface area contributed by atoms with Gasteiger partial charge in [0.05, 0.1) is 12.7 Å². The minimum atomic E-state index is -1.72. The van der Waals surface area contributed by atoms with Gasteiger partial charge in [-0.25, -0.2) is 4.39 Å². The van der Waals surface area contributed by atoms with Gasteiger partial charge in [0.1, 0.15) is 11.8 Å². The number of allylic oxidation sites excluding steroid dienone is 1. The molecule has 3 heterocycles. The molecule has 0 aliphatic carbocycles. The molecule has 1 N–H and O–H groups in total. The number of amides is 2. The van der Waals surface area contributed by atoms with Gasteiger partial charge in [-0.2, -0.15) is 0 Å². The summed E-state index contributed by atoms with van der Waals surface area (Å²) in [5.41, 5.74) is 5.76. The first kappa shape index (κ1) is 26.4. The van der Waals surface area contributed by atoms with E-state index >= 15 is 0 Å². The number of piperidine rings is 1. The molecule has 1 atom stereocenters. The Balaban J connectivity index is 1.05. The lowest BCUT2D eigenvalue weighted by molar-refractivity contribution is -0.122. The Morgan fingerprint density at radius 2 is 1.70 bits per heavy atom. The molecule has 0 bridgehead atoms. The van der Waals surface area contributed by atoms with Crippen LogP contribution in [0, 0.1) is 5.82 Å². The zero-order chi connectivity index (χ0) is 30.6. The summed E-state index contributed by atoms with van der Waals surface area (Å²) in [5.74, 6) is -1.12. The average molecular weight is 596 g/mol. The molecule has 3 aliphatic rings. The zero-order valence-corrected chi connectivity index (χ0v) is 24.5. The number of nitrogens with zero attached hydrogens (tertiary/aromatic N) is 3. The van der Waals surface area contributed by atoms with Gasteiger partial charge in [0.25, 0.3) is 5.91 Å². The van der Waals surface area contributed by atoms with Crippen molar-refractivity contribution in [3.05, 3.63) is 118 Å². The van der Waals surface area contributed by atoms with Crippen LogP contribution in [0.3, 0.4) is 0 Å². The molecule has 2 fully saturated rings. The fourth-order valence-corrected chi connectivity index (χ4v) is 6.64. The highest BCUT2D eigenvalue weighted by Crippen LogP contribution is 2.41. The van der Waals surface area contributed by atoms with Crippen LogP contribution >= 0.6 is 11.6 Å². The normalized spacial score (nSPS) is 21.0. The maximum absolute atomic E-state index is 14.4. The fourth-order valence-electron chi connectivity index (χ4n) is 6.48. The van der Waals surface area contributed by atoms with Crippen LogP contribution in [0.2, 0.25) is 5.02 Å². The number of anilines is 2. The molecule has 0 radical (unpaired) electrons. The SMILES string of the molecule is [2H][C@]1(N2C(=O)c3cccc4c(Cc5ccc(CN6CCN(c7ccc(Cl)cc7F)CC6)cc5)ccc2c34)CCC(=C)NC1=O. The van der Waals surface area contributed by atoms with E-state index in [1.54, 1.807) is 18.2 Å². The van der Waals surface area contributed by atoms with E-state index in [1.807, 2.05) is 24.3 Å². The standard InChI is InChI=1S/C35H32ClFN4O2/c1-22-5-12-32(34(42)38-22)41-31-13-10-25(27-3-2-4-28(33(27)31)35(41)43)19-23-6-8-24(9-7-23)21-39-15-17-40(18-16-39)30-14-11-26(36)20-29(30)37/h2-4,6-11,13-14,20,32H,1,5,12,15-19,21H2,(H,38,42)/t32-/m0/s1/i32D. The van der Waals surface area contributed by atoms with Crippen LogP contribution in [0.25, 0.3) is 10.8 Å². The van der Waals surface area contributed by atoms with Gasteiger partial charge in [0.2, 0.25) is 5.91 Å². The molecule has 4 aromatic rings. The third kappa shape index (κ3) is 5.17. The van der Waals surface area contributed by atoms with Crippen molar-refractivity contribution in [2.45, 2.75) is 31.8 Å². The van der Waals surface area contributed by atoms with Crippen LogP contribution in [-0.4, -0.2) is 48.9 Å². The molecule has 2 saturated heterocycles. The molecule has 8 heteroatoms. The minimum absolute atomic E-state index is 0.198. The van der Waals surface area contributed by atoms with Crippen LogP contribution in [-0.2, 0) is 17.8 Å². The molecule has 4 aromatic carbocycles. The van der Waals surface area contributed by atoms with Gasteiger partial charge in [0.15, 0.2) is 0 Å². The first-order chi connectivity index (χ1) is 21.2. The first-order valence-electron chi connectivity index (χ1n) is 15.1. The molecular formula is C35H32ClFN4O2. The Morgan fingerprint density at radius 1 is 0.953 bits per heavy atom. The number of carbonyl (C=O) groups excluding carboxylic acids is 2. The number of rotatable bonds is 6. The minimum Gasteiger partial charge on any atom is -0.367 e. The molecule has 43 heavy (non-hydrogen) atoms. The predicted molar refractivity (Wildman–Crippen MR) is 169 cm³/mol. The number of nitrogens with one attached hydrogen (secondary N) is 1. The van der Waals surface area contributed by atoms with Crippen molar-refractivity contribution >= 4 is 45.6 Å². The van der Waals surface area contributed by atoms with Gasteiger partial charge in [-0.1, -0.05) is 60.6 Å². The van der Waals surface area contributed by atoms with E-state index in [-0.39, 0.29) is 18.1 Å². The summed E-state index contributed by atoms with van der Waals surface area (Å²) in [6.45, 7) is 7.84. The highest BCUT2D eigenvalue weighted by molar-refractivity contribution is 6.30. The molecule has 3 aliphatic heterocycles. The highest BCUT2D eigenvalue weighted by atomic mass is 35.5. The van der Waals surface area contributed by atoms with Gasteiger partial charge in [0, 0.05) is 54.4 Å². The van der Waals surface area contributed by atoms with E-state index in [0.717, 1.165) is 54.6 Å². The summed E-state index contributed by atoms with van der Waals surface area (Å²) in [7, 11) is 0. The van der Waals surface area contributed by atoms with Gasteiger partial charge >= 0.3 is 0 Å². The number of hydrogen-bond acceptors (Lipinski definition) is 4. The quantitative estimate of drug-likeness (QED) is 0.284. The second-order valence-corrected chi connectivity index (χ2v) is 11.9.